The minimum atomic E-state index is -0.611. The molecule has 104 valence electrons. The number of nitrogens with zero attached hydrogens (tertiary/aromatic N) is 2. The predicted molar refractivity (Wildman–Crippen MR) is 76.5 cm³/mol. The van der Waals surface area contributed by atoms with Gasteiger partial charge < -0.3 is 14.6 Å². The van der Waals surface area contributed by atoms with Crippen molar-refractivity contribution in [2.45, 2.75) is 18.4 Å². The van der Waals surface area contributed by atoms with Crippen LogP contribution in [-0.2, 0) is 7.05 Å². The van der Waals surface area contributed by atoms with Crippen LogP contribution in [0.1, 0.15) is 23.2 Å². The van der Waals surface area contributed by atoms with E-state index in [1.807, 2.05) is 42.1 Å². The van der Waals surface area contributed by atoms with Crippen LogP contribution in [0.25, 0.3) is 10.9 Å². The average molecular weight is 270 g/mol. The number of para-hydroxylation sites is 1. The maximum Gasteiger partial charge on any atom is 0.256 e. The Kier molecular flexibility index (Phi) is 2.31. The first-order valence-electron chi connectivity index (χ1n) is 7.14. The maximum atomic E-state index is 12.6. The van der Waals surface area contributed by atoms with E-state index in [-0.39, 0.29) is 5.91 Å². The molecule has 1 saturated carbocycles. The number of aromatic nitrogens is 1. The van der Waals surface area contributed by atoms with E-state index >= 15 is 0 Å². The average Bonchev–Trinajstić information content (AvgIpc) is 3.21. The summed E-state index contributed by atoms with van der Waals surface area (Å²) in [4.78, 5) is 14.4. The fourth-order valence-electron chi connectivity index (χ4n) is 3.32. The Bertz CT molecular complexity index is 694. The van der Waals surface area contributed by atoms with Crippen LogP contribution in [0.4, 0.5) is 0 Å². The molecule has 1 aliphatic carbocycles. The van der Waals surface area contributed by atoms with Crippen molar-refractivity contribution in [3.8, 4) is 0 Å². The van der Waals surface area contributed by atoms with Crippen LogP contribution in [0.3, 0.4) is 0 Å². The van der Waals surface area contributed by atoms with Crippen molar-refractivity contribution in [1.29, 1.82) is 0 Å². The highest BCUT2D eigenvalue weighted by Crippen LogP contribution is 2.45. The molecule has 0 spiro atoms. The Morgan fingerprint density at radius 1 is 1.30 bits per heavy atom. The van der Waals surface area contributed by atoms with Gasteiger partial charge in [0, 0.05) is 24.1 Å². The molecule has 2 aliphatic rings. The monoisotopic (exact) mass is 270 g/mol. The molecule has 1 aromatic carbocycles. The highest BCUT2D eigenvalue weighted by molar-refractivity contribution is 6.07. The van der Waals surface area contributed by atoms with Gasteiger partial charge in [-0.2, -0.15) is 0 Å². The number of carbonyl (C=O) groups is 1. The summed E-state index contributed by atoms with van der Waals surface area (Å²) in [6.45, 7) is 0.972. The van der Waals surface area contributed by atoms with Gasteiger partial charge in [-0.1, -0.05) is 18.2 Å². The summed E-state index contributed by atoms with van der Waals surface area (Å²) in [5.74, 6) is 0.450. The van der Waals surface area contributed by atoms with Crippen molar-refractivity contribution in [3.63, 3.8) is 0 Å². The molecule has 4 heteroatoms. The standard InChI is InChI=1S/C16H18N2O2/c1-17-8-13(12-4-2-3-5-14(12)17)15(19)18-9-16(20,10-18)11-6-7-11/h2-5,8,11,20H,6-7,9-10H2,1H3. The third kappa shape index (κ3) is 1.61. The second-order valence-electron chi connectivity index (χ2n) is 6.21. The van der Waals surface area contributed by atoms with Crippen molar-refractivity contribution >= 4 is 16.8 Å². The van der Waals surface area contributed by atoms with Crippen molar-refractivity contribution in [1.82, 2.24) is 9.47 Å². The molecular formula is C16H18N2O2. The minimum absolute atomic E-state index is 0.0344. The van der Waals surface area contributed by atoms with Crippen LogP contribution < -0.4 is 0 Å². The van der Waals surface area contributed by atoms with Crippen LogP contribution in [-0.4, -0.2) is 39.2 Å². The molecule has 4 nitrogen and oxygen atoms in total. The molecule has 20 heavy (non-hydrogen) atoms. The number of hydrogen-bond acceptors (Lipinski definition) is 2. The first-order valence-corrected chi connectivity index (χ1v) is 7.14. The van der Waals surface area contributed by atoms with Crippen LogP contribution in [0.2, 0.25) is 0 Å². The molecule has 0 atom stereocenters. The smallest absolute Gasteiger partial charge is 0.256 e. The largest absolute Gasteiger partial charge is 0.386 e. The van der Waals surface area contributed by atoms with Gasteiger partial charge >= 0.3 is 0 Å². The van der Waals surface area contributed by atoms with Gasteiger partial charge in [0.05, 0.1) is 18.7 Å². The van der Waals surface area contributed by atoms with Crippen molar-refractivity contribution < 1.29 is 9.90 Å². The Morgan fingerprint density at radius 3 is 2.70 bits per heavy atom. The number of β-amino-alcohol motifs (C(OH)–C–C–N with tert-alkyl or cyclic N) is 1. The van der Waals surface area contributed by atoms with E-state index in [9.17, 15) is 9.90 Å². The molecule has 1 aromatic heterocycles. The van der Waals surface area contributed by atoms with E-state index in [0.717, 1.165) is 29.3 Å². The van der Waals surface area contributed by atoms with Gasteiger partial charge in [0.2, 0.25) is 0 Å². The molecular weight excluding hydrogens is 252 g/mol. The zero-order chi connectivity index (χ0) is 13.9. The molecule has 2 aromatic rings. The van der Waals surface area contributed by atoms with Gasteiger partial charge in [0.15, 0.2) is 0 Å². The van der Waals surface area contributed by atoms with Gasteiger partial charge in [-0.3, -0.25) is 4.79 Å². The fourth-order valence-corrected chi connectivity index (χ4v) is 3.32. The zero-order valence-corrected chi connectivity index (χ0v) is 11.5. The first kappa shape index (κ1) is 12.0. The van der Waals surface area contributed by atoms with Crippen LogP contribution in [0, 0.1) is 5.92 Å². The lowest BCUT2D eigenvalue weighted by molar-refractivity contribution is -0.0957. The van der Waals surface area contributed by atoms with Gasteiger partial charge in [0.25, 0.3) is 5.91 Å². The van der Waals surface area contributed by atoms with Crippen LogP contribution in [0.15, 0.2) is 30.5 Å². The molecule has 0 unspecified atom stereocenters. The van der Waals surface area contributed by atoms with Crippen molar-refractivity contribution in [3.05, 3.63) is 36.0 Å². The minimum Gasteiger partial charge on any atom is -0.386 e. The number of aryl methyl sites for hydroxylation is 1. The summed E-state index contributed by atoms with van der Waals surface area (Å²) in [6.07, 6.45) is 4.10. The number of likely N-dealkylation sites (tertiary alicyclic amines) is 1. The summed E-state index contributed by atoms with van der Waals surface area (Å²) < 4.78 is 1.98. The Hall–Kier alpha value is -1.81. The van der Waals surface area contributed by atoms with Crippen molar-refractivity contribution in [2.75, 3.05) is 13.1 Å². The number of aliphatic hydroxyl groups is 1. The van der Waals surface area contributed by atoms with E-state index in [2.05, 4.69) is 0 Å². The topological polar surface area (TPSA) is 45.5 Å². The molecule has 1 saturated heterocycles. The summed E-state index contributed by atoms with van der Waals surface area (Å²) >= 11 is 0. The summed E-state index contributed by atoms with van der Waals surface area (Å²) in [5, 5.41) is 11.3. The molecule has 0 bridgehead atoms. The van der Waals surface area contributed by atoms with Gasteiger partial charge in [-0.15, -0.1) is 0 Å². The van der Waals surface area contributed by atoms with E-state index < -0.39 is 5.60 Å². The van der Waals surface area contributed by atoms with Gasteiger partial charge in [0.1, 0.15) is 5.60 Å². The van der Waals surface area contributed by atoms with E-state index in [4.69, 9.17) is 0 Å². The Morgan fingerprint density at radius 2 is 2.00 bits per heavy atom. The molecule has 4 rings (SSSR count). The number of carbonyl (C=O) groups excluding carboxylic acids is 1. The molecule has 1 N–H and O–H groups in total. The summed E-state index contributed by atoms with van der Waals surface area (Å²) in [5.41, 5.74) is 1.19. The summed E-state index contributed by atoms with van der Waals surface area (Å²) in [7, 11) is 1.95. The highest BCUT2D eigenvalue weighted by Gasteiger charge is 2.53. The molecule has 2 fully saturated rings. The zero-order valence-electron chi connectivity index (χ0n) is 11.5. The van der Waals surface area contributed by atoms with E-state index in [0.29, 0.717) is 19.0 Å². The lowest BCUT2D eigenvalue weighted by Crippen LogP contribution is -2.64. The predicted octanol–water partition coefficient (Wildman–Crippen LogP) is 1.78. The van der Waals surface area contributed by atoms with E-state index in [1.165, 1.54) is 0 Å². The SMILES string of the molecule is Cn1cc(C(=O)N2CC(O)(C3CC3)C2)c2ccccc21. The third-order valence-corrected chi connectivity index (χ3v) is 4.68. The second-order valence-corrected chi connectivity index (χ2v) is 6.21. The lowest BCUT2D eigenvalue weighted by Gasteiger charge is -2.46. The normalized spacial score (nSPS) is 21.0. The highest BCUT2D eigenvalue weighted by atomic mass is 16.3. The second kappa shape index (κ2) is 3.85. The van der Waals surface area contributed by atoms with Crippen LogP contribution >= 0.6 is 0 Å². The van der Waals surface area contributed by atoms with Gasteiger partial charge in [-0.25, -0.2) is 0 Å². The number of amides is 1. The van der Waals surface area contributed by atoms with E-state index in [1.54, 1.807) is 4.90 Å². The fraction of sp³-hybridized carbons (Fsp3) is 0.438. The quantitative estimate of drug-likeness (QED) is 0.904. The third-order valence-electron chi connectivity index (χ3n) is 4.68. The molecule has 1 aliphatic heterocycles. The number of fused-ring (bicyclic) bond motifs is 1. The molecule has 0 radical (unpaired) electrons. The first-order chi connectivity index (χ1) is 9.58. The lowest BCUT2D eigenvalue weighted by atomic mass is 9.88. The molecule has 1 amide bonds. The Labute approximate surface area is 117 Å². The summed E-state index contributed by atoms with van der Waals surface area (Å²) in [6, 6.07) is 7.93. The number of hydrogen-bond donors (Lipinski definition) is 1. The van der Waals surface area contributed by atoms with Crippen molar-refractivity contribution in [2.24, 2.45) is 13.0 Å². The maximum absolute atomic E-state index is 12.6. The number of benzene rings is 1. The van der Waals surface area contributed by atoms with Crippen LogP contribution in [0.5, 0.6) is 0 Å². The molecule has 2 heterocycles. The number of rotatable bonds is 2. The Balaban J connectivity index is 1.62. The van der Waals surface area contributed by atoms with Gasteiger partial charge in [-0.05, 0) is 24.8 Å².